The number of hydrogen-bond acceptors (Lipinski definition) is 5. The second-order valence-corrected chi connectivity index (χ2v) is 6.89. The Hall–Kier alpha value is -1.71. The highest BCUT2D eigenvalue weighted by Crippen LogP contribution is 2.34. The van der Waals surface area contributed by atoms with Gasteiger partial charge in [-0.15, -0.1) is 0 Å². The molecule has 0 saturated carbocycles. The van der Waals surface area contributed by atoms with Crippen molar-refractivity contribution in [1.82, 2.24) is 0 Å². The molecule has 1 amide bonds. The number of halogens is 1. The molecule has 1 fully saturated rings. The number of nitrogens with zero attached hydrogens (tertiary/aromatic N) is 2. The molecule has 0 bridgehead atoms. The number of rotatable bonds is 4. The SMILES string of the molecule is NS(=O)(=O)CC1CC(=O)N(c2ccc(Cl)cc2[N+](=O)[O-])C1. The number of benzene rings is 1. The van der Waals surface area contributed by atoms with Crippen molar-refractivity contribution < 1.29 is 18.1 Å². The van der Waals surface area contributed by atoms with Crippen molar-refractivity contribution in [2.75, 3.05) is 17.2 Å². The lowest BCUT2D eigenvalue weighted by Crippen LogP contribution is -2.28. The molecule has 1 aromatic rings. The number of nitrogens with two attached hydrogens (primary N) is 1. The van der Waals surface area contributed by atoms with E-state index in [1.54, 1.807) is 0 Å². The first-order valence-corrected chi connectivity index (χ1v) is 8.01. The number of sulfonamides is 1. The number of nitro groups is 1. The Balaban J connectivity index is 2.31. The molecule has 1 unspecified atom stereocenters. The van der Waals surface area contributed by atoms with E-state index in [1.807, 2.05) is 0 Å². The first-order chi connectivity index (χ1) is 9.67. The van der Waals surface area contributed by atoms with Crippen molar-refractivity contribution in [2.45, 2.75) is 6.42 Å². The largest absolute Gasteiger partial charge is 0.306 e. The van der Waals surface area contributed by atoms with Crippen molar-refractivity contribution >= 4 is 38.9 Å². The van der Waals surface area contributed by atoms with Gasteiger partial charge in [0.25, 0.3) is 5.69 Å². The number of anilines is 1. The van der Waals surface area contributed by atoms with Crippen LogP contribution < -0.4 is 10.0 Å². The van der Waals surface area contributed by atoms with Gasteiger partial charge in [0.1, 0.15) is 5.69 Å². The van der Waals surface area contributed by atoms with Gasteiger partial charge in [-0.05, 0) is 12.1 Å². The average Bonchev–Trinajstić information content (AvgIpc) is 2.67. The predicted molar refractivity (Wildman–Crippen MR) is 76.5 cm³/mol. The van der Waals surface area contributed by atoms with Crippen LogP contribution in [0.5, 0.6) is 0 Å². The average molecular weight is 334 g/mol. The lowest BCUT2D eigenvalue weighted by molar-refractivity contribution is -0.384. The van der Waals surface area contributed by atoms with Crippen LogP contribution in [0.2, 0.25) is 5.02 Å². The maximum atomic E-state index is 12.0. The Kier molecular flexibility index (Phi) is 4.17. The summed E-state index contributed by atoms with van der Waals surface area (Å²) in [5.74, 6) is -1.20. The summed E-state index contributed by atoms with van der Waals surface area (Å²) in [6.07, 6.45) is -0.0176. The molecular weight excluding hydrogens is 322 g/mol. The molecular formula is C11H12ClN3O5S. The minimum absolute atomic E-state index is 0.0176. The minimum atomic E-state index is -3.70. The molecule has 1 atom stereocenters. The number of carbonyl (C=O) groups is 1. The molecule has 2 N–H and O–H groups in total. The third-order valence-electron chi connectivity index (χ3n) is 3.10. The van der Waals surface area contributed by atoms with Crippen LogP contribution in [0.25, 0.3) is 0 Å². The van der Waals surface area contributed by atoms with Gasteiger partial charge in [0.15, 0.2) is 0 Å². The van der Waals surface area contributed by atoms with Crippen molar-refractivity contribution in [3.63, 3.8) is 0 Å². The van der Waals surface area contributed by atoms with Crippen LogP contribution >= 0.6 is 11.6 Å². The number of nitro benzene ring substituents is 1. The number of primary sulfonamides is 1. The Morgan fingerprint density at radius 1 is 1.48 bits per heavy atom. The Morgan fingerprint density at radius 3 is 2.71 bits per heavy atom. The summed E-state index contributed by atoms with van der Waals surface area (Å²) in [7, 11) is -3.70. The molecule has 0 aromatic heterocycles. The molecule has 1 saturated heterocycles. The van der Waals surface area contributed by atoms with Crippen LogP contribution in [0.1, 0.15) is 6.42 Å². The van der Waals surface area contributed by atoms with E-state index >= 15 is 0 Å². The van der Waals surface area contributed by atoms with Crippen LogP contribution in [0.4, 0.5) is 11.4 Å². The number of amides is 1. The summed E-state index contributed by atoms with van der Waals surface area (Å²) in [6, 6.07) is 3.96. The van der Waals surface area contributed by atoms with Gasteiger partial charge in [-0.3, -0.25) is 14.9 Å². The molecule has 10 heteroatoms. The van der Waals surface area contributed by atoms with Crippen LogP contribution in [-0.4, -0.2) is 31.5 Å². The van der Waals surface area contributed by atoms with Gasteiger partial charge in [-0.1, -0.05) is 11.6 Å². The van der Waals surface area contributed by atoms with Crippen LogP contribution in [0.3, 0.4) is 0 Å². The van der Waals surface area contributed by atoms with Gasteiger partial charge < -0.3 is 4.90 Å². The monoisotopic (exact) mass is 333 g/mol. The third kappa shape index (κ3) is 3.69. The topological polar surface area (TPSA) is 124 Å². The minimum Gasteiger partial charge on any atom is -0.306 e. The second-order valence-electron chi connectivity index (χ2n) is 4.79. The van der Waals surface area contributed by atoms with Crippen molar-refractivity contribution in [2.24, 2.45) is 11.1 Å². The first kappa shape index (κ1) is 15.7. The molecule has 1 heterocycles. The summed E-state index contributed by atoms with van der Waals surface area (Å²) < 4.78 is 22.2. The Bertz CT molecular complexity index is 706. The van der Waals surface area contributed by atoms with Gasteiger partial charge in [0.05, 0.1) is 10.7 Å². The maximum Gasteiger partial charge on any atom is 0.294 e. The summed E-state index contributed by atoms with van der Waals surface area (Å²) in [5, 5.41) is 16.2. The van der Waals surface area contributed by atoms with E-state index in [-0.39, 0.29) is 41.0 Å². The molecule has 0 spiro atoms. The zero-order valence-electron chi connectivity index (χ0n) is 10.7. The van der Waals surface area contributed by atoms with Crippen molar-refractivity contribution in [3.05, 3.63) is 33.3 Å². The molecule has 1 aliphatic heterocycles. The highest BCUT2D eigenvalue weighted by atomic mass is 35.5. The van der Waals surface area contributed by atoms with Gasteiger partial charge in [-0.25, -0.2) is 13.6 Å². The van der Waals surface area contributed by atoms with E-state index in [1.165, 1.54) is 17.0 Å². The normalized spacial score (nSPS) is 19.0. The molecule has 0 radical (unpaired) electrons. The number of carbonyl (C=O) groups excluding carboxylic acids is 1. The predicted octanol–water partition coefficient (Wildman–Crippen LogP) is 0.890. The van der Waals surface area contributed by atoms with E-state index in [0.717, 1.165) is 6.07 Å². The Labute approximate surface area is 125 Å². The molecule has 1 aromatic carbocycles. The quantitative estimate of drug-likeness (QED) is 0.647. The van der Waals surface area contributed by atoms with Gasteiger partial charge >= 0.3 is 0 Å². The summed E-state index contributed by atoms with van der Waals surface area (Å²) >= 11 is 5.72. The summed E-state index contributed by atoms with van der Waals surface area (Å²) in [6.45, 7) is 0.0672. The summed E-state index contributed by atoms with van der Waals surface area (Å²) in [4.78, 5) is 23.6. The molecule has 2 rings (SSSR count). The second kappa shape index (κ2) is 5.58. The fraction of sp³-hybridized carbons (Fsp3) is 0.364. The molecule has 8 nitrogen and oxygen atoms in total. The zero-order chi connectivity index (χ0) is 15.8. The molecule has 114 valence electrons. The zero-order valence-corrected chi connectivity index (χ0v) is 12.3. The molecule has 0 aliphatic carbocycles. The van der Waals surface area contributed by atoms with E-state index in [9.17, 15) is 23.3 Å². The summed E-state index contributed by atoms with van der Waals surface area (Å²) in [5.41, 5.74) is -0.196. The third-order valence-corrected chi connectivity index (χ3v) is 4.27. The van der Waals surface area contributed by atoms with Crippen molar-refractivity contribution in [3.8, 4) is 0 Å². The highest BCUT2D eigenvalue weighted by Gasteiger charge is 2.35. The molecule has 1 aliphatic rings. The van der Waals surface area contributed by atoms with Gasteiger partial charge in [0, 0.05) is 30.0 Å². The molecule has 21 heavy (non-hydrogen) atoms. The van der Waals surface area contributed by atoms with Crippen molar-refractivity contribution in [1.29, 1.82) is 0 Å². The lowest BCUT2D eigenvalue weighted by atomic mass is 10.1. The maximum absolute atomic E-state index is 12.0. The first-order valence-electron chi connectivity index (χ1n) is 5.92. The van der Waals surface area contributed by atoms with Crippen LogP contribution in [0, 0.1) is 16.0 Å². The van der Waals surface area contributed by atoms with Gasteiger partial charge in [0.2, 0.25) is 15.9 Å². The van der Waals surface area contributed by atoms with E-state index in [4.69, 9.17) is 16.7 Å². The van der Waals surface area contributed by atoms with E-state index < -0.39 is 20.9 Å². The van der Waals surface area contributed by atoms with Crippen LogP contribution in [0.15, 0.2) is 18.2 Å². The number of hydrogen-bond donors (Lipinski definition) is 1. The van der Waals surface area contributed by atoms with E-state index in [2.05, 4.69) is 0 Å². The van der Waals surface area contributed by atoms with Gasteiger partial charge in [-0.2, -0.15) is 0 Å². The standard InChI is InChI=1S/C11H12ClN3O5S/c12-8-1-2-9(10(4-8)15(17)18)14-5-7(3-11(14)16)6-21(13,19)20/h1-2,4,7H,3,5-6H2,(H2,13,19,20). The van der Waals surface area contributed by atoms with E-state index in [0.29, 0.717) is 0 Å². The highest BCUT2D eigenvalue weighted by molar-refractivity contribution is 7.89. The fourth-order valence-corrected chi connectivity index (χ4v) is 3.37. The Morgan fingerprint density at radius 2 is 2.14 bits per heavy atom. The smallest absolute Gasteiger partial charge is 0.294 e. The lowest BCUT2D eigenvalue weighted by Gasteiger charge is -2.16. The fourth-order valence-electron chi connectivity index (χ4n) is 2.33. The van der Waals surface area contributed by atoms with Crippen LogP contribution in [-0.2, 0) is 14.8 Å².